The lowest BCUT2D eigenvalue weighted by atomic mass is 9.90. The van der Waals surface area contributed by atoms with Gasteiger partial charge in [0.05, 0.1) is 5.56 Å². The number of carboxylic acids is 1. The maximum atomic E-state index is 12.9. The van der Waals surface area contributed by atoms with E-state index in [9.17, 15) is 14.7 Å². The van der Waals surface area contributed by atoms with Crippen LogP contribution in [0.2, 0.25) is 0 Å². The van der Waals surface area contributed by atoms with Crippen molar-refractivity contribution in [3.8, 4) is 0 Å². The van der Waals surface area contributed by atoms with E-state index in [0.29, 0.717) is 16.9 Å². The van der Waals surface area contributed by atoms with Gasteiger partial charge >= 0.3 is 5.97 Å². The largest absolute Gasteiger partial charge is 0.478 e. The van der Waals surface area contributed by atoms with Gasteiger partial charge in [0.25, 0.3) is 5.91 Å². The molecule has 27 heavy (non-hydrogen) atoms. The molecule has 1 saturated heterocycles. The lowest BCUT2D eigenvalue weighted by Crippen LogP contribution is -2.38. The van der Waals surface area contributed by atoms with E-state index >= 15 is 0 Å². The first-order chi connectivity index (χ1) is 13.1. The third kappa shape index (κ3) is 3.58. The van der Waals surface area contributed by atoms with Gasteiger partial charge in [0.15, 0.2) is 0 Å². The van der Waals surface area contributed by atoms with Gasteiger partial charge in [0.1, 0.15) is 0 Å². The van der Waals surface area contributed by atoms with Crippen LogP contribution in [0.1, 0.15) is 39.1 Å². The van der Waals surface area contributed by atoms with Crippen molar-refractivity contribution >= 4 is 22.8 Å². The van der Waals surface area contributed by atoms with Gasteiger partial charge in [-0.1, -0.05) is 30.3 Å². The summed E-state index contributed by atoms with van der Waals surface area (Å²) < 4.78 is 0. The van der Waals surface area contributed by atoms with Crippen molar-refractivity contribution in [1.82, 2.24) is 9.88 Å². The third-order valence-electron chi connectivity index (χ3n) is 5.43. The number of likely N-dealkylation sites (tertiary alicyclic amines) is 1. The molecule has 3 aromatic rings. The molecule has 0 radical (unpaired) electrons. The number of nitrogens with zero attached hydrogens (tertiary/aromatic N) is 1. The second-order valence-electron chi connectivity index (χ2n) is 7.19. The first-order valence-corrected chi connectivity index (χ1v) is 9.29. The van der Waals surface area contributed by atoms with E-state index in [0.717, 1.165) is 37.9 Å². The van der Waals surface area contributed by atoms with Gasteiger partial charge in [0, 0.05) is 35.8 Å². The lowest BCUT2D eigenvalue weighted by Gasteiger charge is -2.32. The summed E-state index contributed by atoms with van der Waals surface area (Å²) in [6.45, 7) is 1.49. The second kappa shape index (κ2) is 7.27. The molecule has 2 heterocycles. The van der Waals surface area contributed by atoms with Crippen LogP contribution in [0.3, 0.4) is 0 Å². The zero-order chi connectivity index (χ0) is 18.8. The maximum Gasteiger partial charge on any atom is 0.337 e. The summed E-state index contributed by atoms with van der Waals surface area (Å²) >= 11 is 0. The summed E-state index contributed by atoms with van der Waals surface area (Å²) in [5, 5.41) is 9.86. The predicted octanol–water partition coefficient (Wildman–Crippen LogP) is 3.96. The zero-order valence-corrected chi connectivity index (χ0v) is 15.0. The average Bonchev–Trinajstić information content (AvgIpc) is 3.12. The number of carboxylic acid groups (broad SMARTS) is 1. The summed E-state index contributed by atoms with van der Waals surface area (Å²) in [5.74, 6) is -0.414. The zero-order valence-electron chi connectivity index (χ0n) is 15.0. The van der Waals surface area contributed by atoms with Gasteiger partial charge < -0.3 is 15.0 Å². The van der Waals surface area contributed by atoms with Crippen molar-refractivity contribution in [1.29, 1.82) is 0 Å². The summed E-state index contributed by atoms with van der Waals surface area (Å²) in [5.41, 5.74) is 2.82. The molecule has 5 nitrogen and oxygen atoms in total. The monoisotopic (exact) mass is 362 g/mol. The predicted molar refractivity (Wildman–Crippen MR) is 104 cm³/mol. The van der Waals surface area contributed by atoms with Crippen molar-refractivity contribution in [3.05, 3.63) is 71.4 Å². The molecule has 0 aliphatic carbocycles. The van der Waals surface area contributed by atoms with E-state index in [1.165, 1.54) is 11.8 Å². The Balaban J connectivity index is 1.44. The number of aromatic amines is 1. The number of carbonyl (C=O) groups excluding carboxylic acids is 1. The van der Waals surface area contributed by atoms with Crippen LogP contribution in [-0.4, -0.2) is 40.0 Å². The maximum absolute atomic E-state index is 12.9. The molecule has 138 valence electrons. The SMILES string of the molecule is O=C(O)c1c[nH]c2ccc(C(=O)N3CCC(Cc4ccccc4)CC3)cc12. The standard InChI is InChI=1S/C22H22N2O3/c25-21(17-6-7-20-18(13-17)19(14-23-20)22(26)27)24-10-8-16(9-11-24)12-15-4-2-1-3-5-15/h1-7,13-14,16,23H,8-12H2,(H,26,27). The Morgan fingerprint density at radius 2 is 1.81 bits per heavy atom. The minimum absolute atomic E-state index is 0.0207. The van der Waals surface area contributed by atoms with E-state index in [2.05, 4.69) is 29.2 Å². The summed E-state index contributed by atoms with van der Waals surface area (Å²) in [6, 6.07) is 15.7. The molecule has 1 fully saturated rings. The molecule has 1 aliphatic rings. The highest BCUT2D eigenvalue weighted by molar-refractivity contribution is 6.06. The van der Waals surface area contributed by atoms with E-state index in [1.54, 1.807) is 18.2 Å². The van der Waals surface area contributed by atoms with E-state index in [4.69, 9.17) is 0 Å². The van der Waals surface area contributed by atoms with Crippen LogP contribution >= 0.6 is 0 Å². The summed E-state index contributed by atoms with van der Waals surface area (Å²) in [7, 11) is 0. The Morgan fingerprint density at radius 3 is 2.52 bits per heavy atom. The third-order valence-corrected chi connectivity index (χ3v) is 5.43. The first-order valence-electron chi connectivity index (χ1n) is 9.29. The molecule has 2 aromatic carbocycles. The van der Waals surface area contributed by atoms with Crippen LogP contribution in [0.4, 0.5) is 0 Å². The Hall–Kier alpha value is -3.08. The number of hydrogen-bond acceptors (Lipinski definition) is 2. The molecule has 0 bridgehead atoms. The fourth-order valence-corrected chi connectivity index (χ4v) is 3.90. The molecule has 4 rings (SSSR count). The molecular formula is C22H22N2O3. The Bertz CT molecular complexity index is 970. The molecule has 1 aliphatic heterocycles. The number of fused-ring (bicyclic) bond motifs is 1. The molecule has 0 saturated carbocycles. The van der Waals surface area contributed by atoms with Gasteiger partial charge in [-0.3, -0.25) is 4.79 Å². The highest BCUT2D eigenvalue weighted by atomic mass is 16.4. The van der Waals surface area contributed by atoms with Crippen molar-refractivity contribution in [2.75, 3.05) is 13.1 Å². The summed E-state index contributed by atoms with van der Waals surface area (Å²) in [6.07, 6.45) is 4.51. The number of H-pyrrole nitrogens is 1. The van der Waals surface area contributed by atoms with Crippen molar-refractivity contribution in [2.45, 2.75) is 19.3 Å². The number of piperidine rings is 1. The molecule has 0 spiro atoms. The summed E-state index contributed by atoms with van der Waals surface area (Å²) in [4.78, 5) is 29.0. The molecule has 1 aromatic heterocycles. The molecular weight excluding hydrogens is 340 g/mol. The van der Waals surface area contributed by atoms with E-state index in [1.807, 2.05) is 11.0 Å². The second-order valence-corrected chi connectivity index (χ2v) is 7.19. The number of hydrogen-bond donors (Lipinski definition) is 2. The Kier molecular flexibility index (Phi) is 4.67. The van der Waals surface area contributed by atoms with Crippen LogP contribution in [0.25, 0.3) is 10.9 Å². The van der Waals surface area contributed by atoms with Gasteiger partial charge in [-0.15, -0.1) is 0 Å². The normalized spacial score (nSPS) is 15.2. The number of benzene rings is 2. The molecule has 2 N–H and O–H groups in total. The quantitative estimate of drug-likeness (QED) is 0.738. The van der Waals surface area contributed by atoms with Gasteiger partial charge in [-0.2, -0.15) is 0 Å². The number of nitrogens with one attached hydrogen (secondary N) is 1. The molecule has 0 unspecified atom stereocenters. The fraction of sp³-hybridized carbons (Fsp3) is 0.273. The van der Waals surface area contributed by atoms with Crippen LogP contribution in [0, 0.1) is 5.92 Å². The van der Waals surface area contributed by atoms with Gasteiger partial charge in [-0.05, 0) is 48.9 Å². The number of aromatic nitrogens is 1. The topological polar surface area (TPSA) is 73.4 Å². The number of aromatic carboxylic acids is 1. The van der Waals surface area contributed by atoms with Gasteiger partial charge in [-0.25, -0.2) is 4.79 Å². The van der Waals surface area contributed by atoms with Crippen molar-refractivity contribution in [3.63, 3.8) is 0 Å². The smallest absolute Gasteiger partial charge is 0.337 e. The lowest BCUT2D eigenvalue weighted by molar-refractivity contribution is 0.0683. The van der Waals surface area contributed by atoms with E-state index < -0.39 is 5.97 Å². The average molecular weight is 362 g/mol. The van der Waals surface area contributed by atoms with Crippen LogP contribution in [-0.2, 0) is 6.42 Å². The van der Waals surface area contributed by atoms with Crippen LogP contribution in [0.5, 0.6) is 0 Å². The number of rotatable bonds is 4. The highest BCUT2D eigenvalue weighted by Crippen LogP contribution is 2.25. The van der Waals surface area contributed by atoms with E-state index in [-0.39, 0.29) is 11.5 Å². The van der Waals surface area contributed by atoms with Crippen LogP contribution in [0.15, 0.2) is 54.7 Å². The van der Waals surface area contributed by atoms with Crippen molar-refractivity contribution in [2.24, 2.45) is 5.92 Å². The first kappa shape index (κ1) is 17.3. The Labute approximate surface area is 157 Å². The molecule has 5 heteroatoms. The van der Waals surface area contributed by atoms with Crippen LogP contribution < -0.4 is 0 Å². The minimum Gasteiger partial charge on any atom is -0.478 e. The molecule has 0 atom stereocenters. The Morgan fingerprint density at radius 1 is 1.07 bits per heavy atom. The number of carbonyl (C=O) groups is 2. The minimum atomic E-state index is -0.993. The van der Waals surface area contributed by atoms with Gasteiger partial charge in [0.2, 0.25) is 0 Å². The number of amides is 1. The highest BCUT2D eigenvalue weighted by Gasteiger charge is 2.24. The van der Waals surface area contributed by atoms with Crippen molar-refractivity contribution < 1.29 is 14.7 Å². The fourth-order valence-electron chi connectivity index (χ4n) is 3.90. The molecule has 1 amide bonds.